The number of hydrogen-bond acceptors (Lipinski definition) is 2. The number of hydrogen-bond donors (Lipinski definition) is 1. The molecule has 1 amide bonds. The van der Waals surface area contributed by atoms with Gasteiger partial charge < -0.3 is 5.32 Å². The molecule has 2 rings (SSSR count). The summed E-state index contributed by atoms with van der Waals surface area (Å²) in [6.07, 6.45) is 1.58. The van der Waals surface area contributed by atoms with Gasteiger partial charge in [-0.05, 0) is 35.2 Å². The summed E-state index contributed by atoms with van der Waals surface area (Å²) >= 11 is 0. The van der Waals surface area contributed by atoms with Crippen LogP contribution in [0.5, 0.6) is 0 Å². The minimum atomic E-state index is -0.0643. The molecule has 5 nitrogen and oxygen atoms in total. The molecule has 0 aliphatic rings. The first-order chi connectivity index (χ1) is 9.83. The highest BCUT2D eigenvalue weighted by Crippen LogP contribution is 2.18. The monoisotopic (exact) mass is 268 g/mol. The second-order valence-electron chi connectivity index (χ2n) is 4.44. The number of fused-ring (bicyclic) bond motifs is 1. The molecule has 0 aliphatic heterocycles. The summed E-state index contributed by atoms with van der Waals surface area (Å²) in [6.45, 7) is 1.06. The van der Waals surface area contributed by atoms with Crippen molar-refractivity contribution in [3.63, 3.8) is 0 Å². The molecule has 0 unspecified atom stereocenters. The summed E-state index contributed by atoms with van der Waals surface area (Å²) in [4.78, 5) is 14.8. The average Bonchev–Trinajstić information content (AvgIpc) is 2.50. The van der Waals surface area contributed by atoms with Gasteiger partial charge in [0, 0.05) is 23.6 Å². The van der Waals surface area contributed by atoms with Crippen LogP contribution in [0.15, 0.2) is 47.6 Å². The molecule has 0 radical (unpaired) electrons. The van der Waals surface area contributed by atoms with Gasteiger partial charge in [-0.15, -0.1) is 0 Å². The Morgan fingerprint density at radius 3 is 2.80 bits per heavy atom. The van der Waals surface area contributed by atoms with Gasteiger partial charge >= 0.3 is 0 Å². The van der Waals surface area contributed by atoms with Crippen LogP contribution in [0.3, 0.4) is 0 Å². The van der Waals surface area contributed by atoms with Crippen LogP contribution in [-0.4, -0.2) is 19.0 Å². The number of carbonyl (C=O) groups excluding carboxylic acids is 1. The zero-order valence-corrected chi connectivity index (χ0v) is 11.1. The van der Waals surface area contributed by atoms with Crippen LogP contribution in [0.4, 0.5) is 0 Å². The number of nitrogens with zero attached hydrogens (tertiary/aromatic N) is 3. The summed E-state index contributed by atoms with van der Waals surface area (Å²) in [5, 5.41) is 8.37. The fraction of sp³-hybridized carbons (Fsp3) is 0.267. The van der Waals surface area contributed by atoms with Crippen molar-refractivity contribution in [2.24, 2.45) is 5.11 Å². The number of nitrogens with one attached hydrogen (secondary N) is 1. The number of carbonyl (C=O) groups is 1. The molecular formula is C15H16N4O. The molecule has 2 aromatic rings. The highest BCUT2D eigenvalue weighted by molar-refractivity contribution is 6.06. The number of azide groups is 1. The number of benzene rings is 2. The molecule has 1 N–H and O–H groups in total. The summed E-state index contributed by atoms with van der Waals surface area (Å²) in [5.41, 5.74) is 8.84. The zero-order valence-electron chi connectivity index (χ0n) is 11.1. The van der Waals surface area contributed by atoms with Crippen LogP contribution in [0, 0.1) is 0 Å². The normalized spacial score (nSPS) is 10.0. The maximum Gasteiger partial charge on any atom is 0.251 e. The fourth-order valence-electron chi connectivity index (χ4n) is 2.07. The van der Waals surface area contributed by atoms with Crippen LogP contribution in [0.25, 0.3) is 21.2 Å². The largest absolute Gasteiger partial charge is 0.352 e. The van der Waals surface area contributed by atoms with Crippen LogP contribution in [0.1, 0.15) is 23.2 Å². The molecular weight excluding hydrogens is 252 g/mol. The van der Waals surface area contributed by atoms with Gasteiger partial charge in [-0.1, -0.05) is 41.5 Å². The molecule has 0 atom stereocenters. The van der Waals surface area contributed by atoms with E-state index in [0.29, 0.717) is 18.7 Å². The summed E-state index contributed by atoms with van der Waals surface area (Å²) in [7, 11) is 0. The van der Waals surface area contributed by atoms with Crippen molar-refractivity contribution < 1.29 is 4.79 Å². The summed E-state index contributed by atoms with van der Waals surface area (Å²) in [5.74, 6) is -0.0643. The van der Waals surface area contributed by atoms with E-state index in [1.807, 2.05) is 42.5 Å². The van der Waals surface area contributed by atoms with E-state index in [2.05, 4.69) is 15.3 Å². The van der Waals surface area contributed by atoms with E-state index in [0.717, 1.165) is 23.6 Å². The lowest BCUT2D eigenvalue weighted by atomic mass is 10.0. The lowest BCUT2D eigenvalue weighted by Gasteiger charge is -2.07. The second-order valence-corrected chi connectivity index (χ2v) is 4.44. The predicted molar refractivity (Wildman–Crippen MR) is 79.5 cm³/mol. The quantitative estimate of drug-likeness (QED) is 0.369. The molecule has 5 heteroatoms. The Balaban J connectivity index is 1.96. The number of amides is 1. The second kappa shape index (κ2) is 7.16. The Bertz CT molecular complexity index is 642. The van der Waals surface area contributed by atoms with E-state index in [1.165, 1.54) is 0 Å². The lowest BCUT2D eigenvalue weighted by molar-refractivity contribution is 0.0954. The standard InChI is InChI=1S/C15H16N4O/c16-19-18-11-4-3-10-17-15(20)14-9-5-7-12-6-1-2-8-13(12)14/h1-2,5-9H,3-4,10-11H2,(H,17,20). The van der Waals surface area contributed by atoms with Gasteiger partial charge in [0.1, 0.15) is 0 Å². The Morgan fingerprint density at radius 2 is 1.95 bits per heavy atom. The first-order valence-corrected chi connectivity index (χ1v) is 6.60. The van der Waals surface area contributed by atoms with E-state index in [9.17, 15) is 4.79 Å². The number of rotatable bonds is 6. The van der Waals surface area contributed by atoms with Crippen molar-refractivity contribution in [1.82, 2.24) is 5.32 Å². The van der Waals surface area contributed by atoms with Gasteiger partial charge in [-0.2, -0.15) is 0 Å². The van der Waals surface area contributed by atoms with Gasteiger partial charge in [-0.25, -0.2) is 0 Å². The maximum absolute atomic E-state index is 12.2. The van der Waals surface area contributed by atoms with Crippen LogP contribution in [-0.2, 0) is 0 Å². The Kier molecular flexibility index (Phi) is 4.98. The van der Waals surface area contributed by atoms with Gasteiger partial charge in [-0.3, -0.25) is 4.79 Å². The average molecular weight is 268 g/mol. The maximum atomic E-state index is 12.2. The smallest absolute Gasteiger partial charge is 0.251 e. The molecule has 0 saturated carbocycles. The van der Waals surface area contributed by atoms with Crippen LogP contribution in [0.2, 0.25) is 0 Å². The molecule has 102 valence electrons. The summed E-state index contributed by atoms with van der Waals surface area (Å²) < 4.78 is 0. The lowest BCUT2D eigenvalue weighted by Crippen LogP contribution is -2.24. The first-order valence-electron chi connectivity index (χ1n) is 6.60. The van der Waals surface area contributed by atoms with Gasteiger partial charge in [0.05, 0.1) is 0 Å². The van der Waals surface area contributed by atoms with E-state index < -0.39 is 0 Å². The minimum absolute atomic E-state index is 0.0643. The van der Waals surface area contributed by atoms with Crippen molar-refractivity contribution in [3.05, 3.63) is 58.5 Å². The van der Waals surface area contributed by atoms with Crippen molar-refractivity contribution in [2.75, 3.05) is 13.1 Å². The van der Waals surface area contributed by atoms with Crippen molar-refractivity contribution in [3.8, 4) is 0 Å². The van der Waals surface area contributed by atoms with E-state index in [1.54, 1.807) is 0 Å². The fourth-order valence-corrected chi connectivity index (χ4v) is 2.07. The van der Waals surface area contributed by atoms with Crippen molar-refractivity contribution in [1.29, 1.82) is 0 Å². The molecule has 0 spiro atoms. The topological polar surface area (TPSA) is 77.9 Å². The van der Waals surface area contributed by atoms with Crippen LogP contribution < -0.4 is 5.32 Å². The highest BCUT2D eigenvalue weighted by atomic mass is 16.1. The van der Waals surface area contributed by atoms with E-state index in [-0.39, 0.29) is 5.91 Å². The SMILES string of the molecule is [N-]=[N+]=NCCCCNC(=O)c1cccc2ccccc12. The third-order valence-electron chi connectivity index (χ3n) is 3.07. The first kappa shape index (κ1) is 13.9. The Morgan fingerprint density at radius 1 is 1.15 bits per heavy atom. The Labute approximate surface area is 117 Å². The predicted octanol–water partition coefficient (Wildman–Crippen LogP) is 3.66. The summed E-state index contributed by atoms with van der Waals surface area (Å²) in [6, 6.07) is 13.5. The van der Waals surface area contributed by atoms with Crippen molar-refractivity contribution >= 4 is 16.7 Å². The molecule has 0 aliphatic carbocycles. The number of unbranched alkanes of at least 4 members (excludes halogenated alkanes) is 1. The third kappa shape index (κ3) is 3.49. The third-order valence-corrected chi connectivity index (χ3v) is 3.07. The molecule has 20 heavy (non-hydrogen) atoms. The molecule has 2 aromatic carbocycles. The van der Waals surface area contributed by atoms with Gasteiger partial charge in [0.2, 0.25) is 0 Å². The van der Waals surface area contributed by atoms with Gasteiger partial charge in [0.15, 0.2) is 0 Å². The molecule has 0 heterocycles. The van der Waals surface area contributed by atoms with E-state index >= 15 is 0 Å². The minimum Gasteiger partial charge on any atom is -0.352 e. The molecule has 0 saturated heterocycles. The molecule has 0 aromatic heterocycles. The molecule has 0 fully saturated rings. The van der Waals surface area contributed by atoms with Crippen LogP contribution >= 0.6 is 0 Å². The van der Waals surface area contributed by atoms with Crippen molar-refractivity contribution in [2.45, 2.75) is 12.8 Å². The van der Waals surface area contributed by atoms with E-state index in [4.69, 9.17) is 5.53 Å². The Hall–Kier alpha value is -2.52. The highest BCUT2D eigenvalue weighted by Gasteiger charge is 2.08. The zero-order chi connectivity index (χ0) is 14.2. The van der Waals surface area contributed by atoms with Gasteiger partial charge in [0.25, 0.3) is 5.91 Å². The molecule has 0 bridgehead atoms.